The van der Waals surface area contributed by atoms with E-state index in [9.17, 15) is 13.0 Å². The molecule has 1 aromatic rings. The molecule has 0 aliphatic rings. The highest BCUT2D eigenvalue weighted by Gasteiger charge is 2.09. The Bertz CT molecular complexity index is 360. The van der Waals surface area contributed by atoms with Gasteiger partial charge >= 0.3 is 0 Å². The SMILES string of the molecule is Nc1[nH+]cccc1S(=O)(=O)[O-]. The second-order valence-corrected chi connectivity index (χ2v) is 3.25. The van der Waals surface area contributed by atoms with Gasteiger partial charge < -0.3 is 4.55 Å². The number of nitrogens with two attached hydrogens (primary N) is 1. The van der Waals surface area contributed by atoms with E-state index in [2.05, 4.69) is 4.98 Å². The molecule has 3 N–H and O–H groups in total. The molecule has 1 rings (SSSR count). The Morgan fingerprint density at radius 2 is 2.18 bits per heavy atom. The molecule has 1 heterocycles. The Balaban J connectivity index is 3.37. The van der Waals surface area contributed by atoms with E-state index < -0.39 is 15.0 Å². The van der Waals surface area contributed by atoms with Gasteiger partial charge in [0, 0.05) is 0 Å². The van der Waals surface area contributed by atoms with E-state index in [-0.39, 0.29) is 5.82 Å². The number of aromatic nitrogens is 1. The van der Waals surface area contributed by atoms with Crippen molar-refractivity contribution in [2.45, 2.75) is 4.90 Å². The summed E-state index contributed by atoms with van der Waals surface area (Å²) in [6.07, 6.45) is 1.43. The smallest absolute Gasteiger partial charge is 0.287 e. The predicted molar refractivity (Wildman–Crippen MR) is 35.4 cm³/mol. The van der Waals surface area contributed by atoms with Crippen LogP contribution in [0.2, 0.25) is 0 Å². The van der Waals surface area contributed by atoms with Crippen molar-refractivity contribution in [3.05, 3.63) is 18.3 Å². The van der Waals surface area contributed by atoms with Crippen molar-refractivity contribution in [2.24, 2.45) is 0 Å². The van der Waals surface area contributed by atoms with Crippen LogP contribution in [0.25, 0.3) is 0 Å². The number of nitrogen functional groups attached to an aromatic ring is 1. The van der Waals surface area contributed by atoms with Crippen LogP contribution in [0.4, 0.5) is 5.82 Å². The van der Waals surface area contributed by atoms with Crippen LogP contribution in [0.15, 0.2) is 23.2 Å². The van der Waals surface area contributed by atoms with E-state index in [4.69, 9.17) is 5.73 Å². The molecule has 0 spiro atoms. The van der Waals surface area contributed by atoms with Crippen LogP contribution in [0.3, 0.4) is 0 Å². The zero-order valence-electron chi connectivity index (χ0n) is 5.44. The second-order valence-electron chi connectivity index (χ2n) is 1.90. The number of hydrogen-bond donors (Lipinski definition) is 1. The molecule has 0 fully saturated rings. The molecule has 0 aliphatic carbocycles. The van der Waals surface area contributed by atoms with Gasteiger partial charge in [0.2, 0.25) is 0 Å². The fourth-order valence-corrected chi connectivity index (χ4v) is 1.23. The van der Waals surface area contributed by atoms with Gasteiger partial charge in [-0.25, -0.2) is 13.4 Å². The van der Waals surface area contributed by atoms with Gasteiger partial charge in [0.05, 0.1) is 6.20 Å². The number of nitrogens with one attached hydrogen (secondary N) is 1. The standard InChI is InChI=1S/C5H6N2O3S/c6-5-4(11(8,9)10)2-1-3-7-5/h1-3H,(H2,6,7)(H,8,9,10). The first-order valence-electron chi connectivity index (χ1n) is 2.74. The highest BCUT2D eigenvalue weighted by Crippen LogP contribution is 2.10. The number of H-pyrrole nitrogens is 1. The zero-order chi connectivity index (χ0) is 8.48. The lowest BCUT2D eigenvalue weighted by atomic mass is 10.5. The molecule has 0 aromatic carbocycles. The quantitative estimate of drug-likeness (QED) is 0.551. The van der Waals surface area contributed by atoms with Gasteiger partial charge in [-0.3, -0.25) is 5.73 Å². The summed E-state index contributed by atoms with van der Waals surface area (Å²) >= 11 is 0. The third kappa shape index (κ3) is 1.66. The molecule has 60 valence electrons. The number of rotatable bonds is 1. The molecule has 0 amide bonds. The molecule has 5 nitrogen and oxygen atoms in total. The minimum Gasteiger partial charge on any atom is -0.744 e. The topological polar surface area (TPSA) is 97.4 Å². The largest absolute Gasteiger partial charge is 0.744 e. The van der Waals surface area contributed by atoms with E-state index in [1.807, 2.05) is 0 Å². The highest BCUT2D eigenvalue weighted by atomic mass is 32.2. The van der Waals surface area contributed by atoms with Gasteiger partial charge in [-0.05, 0) is 12.1 Å². The van der Waals surface area contributed by atoms with Crippen molar-refractivity contribution < 1.29 is 18.0 Å². The van der Waals surface area contributed by atoms with Gasteiger partial charge in [0.15, 0.2) is 0 Å². The highest BCUT2D eigenvalue weighted by molar-refractivity contribution is 7.85. The van der Waals surface area contributed by atoms with Crippen molar-refractivity contribution in [1.82, 2.24) is 0 Å². The maximum atomic E-state index is 10.4. The van der Waals surface area contributed by atoms with Crippen LogP contribution in [-0.4, -0.2) is 13.0 Å². The summed E-state index contributed by atoms with van der Waals surface area (Å²) < 4.78 is 31.2. The molecule has 11 heavy (non-hydrogen) atoms. The van der Waals surface area contributed by atoms with E-state index in [1.165, 1.54) is 12.3 Å². The molecule has 0 saturated heterocycles. The van der Waals surface area contributed by atoms with E-state index in [1.54, 1.807) is 0 Å². The van der Waals surface area contributed by atoms with Gasteiger partial charge in [0.25, 0.3) is 5.82 Å². The number of pyridine rings is 1. The van der Waals surface area contributed by atoms with E-state index in [0.29, 0.717) is 0 Å². The fourth-order valence-electron chi connectivity index (χ4n) is 0.652. The molecule has 0 bridgehead atoms. The average molecular weight is 174 g/mol. The van der Waals surface area contributed by atoms with Crippen LogP contribution in [0.1, 0.15) is 0 Å². The molecular formula is C5H6N2O3S. The minimum absolute atomic E-state index is 0.137. The maximum absolute atomic E-state index is 10.4. The summed E-state index contributed by atoms with van der Waals surface area (Å²) in [5, 5.41) is 0. The molecule has 0 saturated carbocycles. The summed E-state index contributed by atoms with van der Waals surface area (Å²) in [4.78, 5) is 1.99. The maximum Gasteiger partial charge on any atom is 0.287 e. The minimum atomic E-state index is -4.44. The molecular weight excluding hydrogens is 168 g/mol. The summed E-state index contributed by atoms with van der Waals surface area (Å²) in [7, 11) is -4.44. The summed E-state index contributed by atoms with van der Waals surface area (Å²) in [6.45, 7) is 0. The molecule has 6 heteroatoms. The monoisotopic (exact) mass is 174 g/mol. The number of anilines is 1. The molecule has 0 aliphatic heterocycles. The van der Waals surface area contributed by atoms with Gasteiger partial charge in [-0.15, -0.1) is 0 Å². The Labute approximate surface area is 63.6 Å². The van der Waals surface area contributed by atoms with Crippen LogP contribution >= 0.6 is 0 Å². The molecule has 0 unspecified atom stereocenters. The fraction of sp³-hybridized carbons (Fsp3) is 0. The summed E-state index contributed by atoms with van der Waals surface area (Å²) in [5.74, 6) is -0.137. The lowest BCUT2D eigenvalue weighted by Gasteiger charge is -2.04. The van der Waals surface area contributed by atoms with Gasteiger partial charge in [-0.2, -0.15) is 0 Å². The third-order valence-corrected chi connectivity index (χ3v) is 2.01. The first kappa shape index (κ1) is 7.96. The molecule has 0 atom stereocenters. The average Bonchev–Trinajstić information content (AvgIpc) is 1.86. The summed E-state index contributed by atoms with van der Waals surface area (Å²) in [6, 6.07) is 2.54. The van der Waals surface area contributed by atoms with Crippen molar-refractivity contribution in [3.8, 4) is 0 Å². The van der Waals surface area contributed by atoms with Gasteiger partial charge in [-0.1, -0.05) is 0 Å². The third-order valence-electron chi connectivity index (χ3n) is 1.12. The van der Waals surface area contributed by atoms with E-state index in [0.717, 1.165) is 6.07 Å². The van der Waals surface area contributed by atoms with Crippen LogP contribution in [0, 0.1) is 0 Å². The van der Waals surface area contributed by atoms with Crippen LogP contribution in [0.5, 0.6) is 0 Å². The summed E-state index contributed by atoms with van der Waals surface area (Å²) in [5.41, 5.74) is 5.17. The van der Waals surface area contributed by atoms with Crippen molar-refractivity contribution in [2.75, 3.05) is 5.73 Å². The molecule has 0 radical (unpaired) electrons. The first-order valence-corrected chi connectivity index (χ1v) is 4.15. The second kappa shape index (κ2) is 2.48. The Hall–Kier alpha value is -1.14. The van der Waals surface area contributed by atoms with Crippen LogP contribution < -0.4 is 10.7 Å². The lowest BCUT2D eigenvalue weighted by Crippen LogP contribution is -2.14. The van der Waals surface area contributed by atoms with E-state index >= 15 is 0 Å². The van der Waals surface area contributed by atoms with Crippen LogP contribution in [-0.2, 0) is 10.1 Å². The first-order chi connectivity index (χ1) is 5.02. The van der Waals surface area contributed by atoms with Gasteiger partial charge in [0.1, 0.15) is 15.0 Å². The van der Waals surface area contributed by atoms with Crippen molar-refractivity contribution in [1.29, 1.82) is 0 Å². The normalized spacial score (nSPS) is 11.4. The number of aromatic amines is 1. The Morgan fingerprint density at radius 1 is 1.55 bits per heavy atom. The Kier molecular flexibility index (Phi) is 1.79. The zero-order valence-corrected chi connectivity index (χ0v) is 6.26. The number of hydrogen-bond acceptors (Lipinski definition) is 4. The Morgan fingerprint density at radius 3 is 2.55 bits per heavy atom. The molecule has 1 aromatic heterocycles. The van der Waals surface area contributed by atoms with Crippen molar-refractivity contribution in [3.63, 3.8) is 0 Å². The van der Waals surface area contributed by atoms with Crippen molar-refractivity contribution >= 4 is 15.9 Å². The predicted octanol–water partition coefficient (Wildman–Crippen LogP) is -1.01. The lowest BCUT2D eigenvalue weighted by molar-refractivity contribution is -0.362.